The molecule has 1 fully saturated rings. The summed E-state index contributed by atoms with van der Waals surface area (Å²) >= 11 is 5.53. The lowest BCUT2D eigenvalue weighted by Gasteiger charge is -2.30. The van der Waals surface area contributed by atoms with E-state index in [1.54, 1.807) is 0 Å². The number of alkyl halides is 3. The van der Waals surface area contributed by atoms with Gasteiger partial charge in [-0.2, -0.15) is 17.5 Å². The zero-order valence-corrected chi connectivity index (χ0v) is 12.3. The highest BCUT2D eigenvalue weighted by Gasteiger charge is 2.40. The fourth-order valence-corrected chi connectivity index (χ4v) is 4.11. The predicted molar refractivity (Wildman–Crippen MR) is 70.5 cm³/mol. The van der Waals surface area contributed by atoms with Gasteiger partial charge in [0.25, 0.3) is 0 Å². The SMILES string of the molecule is O=S(=O)(c1ccc(Cl)cc1C(F)(F)F)N1CCC[C@H](O)C1. The van der Waals surface area contributed by atoms with E-state index in [4.69, 9.17) is 11.6 Å². The van der Waals surface area contributed by atoms with Crippen LogP contribution in [0.4, 0.5) is 13.2 Å². The summed E-state index contributed by atoms with van der Waals surface area (Å²) < 4.78 is 64.7. The Bertz CT molecular complexity index is 633. The molecule has 1 aliphatic rings. The van der Waals surface area contributed by atoms with Crippen LogP contribution in [0.5, 0.6) is 0 Å². The van der Waals surface area contributed by atoms with E-state index in [0.717, 1.165) is 16.4 Å². The molecule has 1 aliphatic heterocycles. The van der Waals surface area contributed by atoms with E-state index in [-0.39, 0.29) is 18.1 Å². The second-order valence-corrected chi connectivity index (χ2v) is 7.14. The van der Waals surface area contributed by atoms with Crippen LogP contribution in [0.25, 0.3) is 0 Å². The van der Waals surface area contributed by atoms with Crippen molar-refractivity contribution >= 4 is 21.6 Å². The van der Waals surface area contributed by atoms with Crippen molar-refractivity contribution in [3.63, 3.8) is 0 Å². The van der Waals surface area contributed by atoms with Crippen LogP contribution in [0.3, 0.4) is 0 Å². The molecular weight excluding hydrogens is 331 g/mol. The molecule has 0 aromatic heterocycles. The summed E-state index contributed by atoms with van der Waals surface area (Å²) in [6, 6.07) is 2.54. The van der Waals surface area contributed by atoms with Crippen LogP contribution in [-0.4, -0.2) is 37.0 Å². The number of hydrogen-bond acceptors (Lipinski definition) is 3. The van der Waals surface area contributed by atoms with Gasteiger partial charge in [0.1, 0.15) is 0 Å². The Balaban J connectivity index is 2.50. The number of hydrogen-bond donors (Lipinski definition) is 1. The number of sulfonamides is 1. The van der Waals surface area contributed by atoms with Gasteiger partial charge in [0, 0.05) is 18.1 Å². The summed E-state index contributed by atoms with van der Waals surface area (Å²) in [5, 5.41) is 9.32. The van der Waals surface area contributed by atoms with Crippen LogP contribution in [-0.2, 0) is 16.2 Å². The van der Waals surface area contributed by atoms with Crippen molar-refractivity contribution in [1.82, 2.24) is 4.31 Å². The number of aliphatic hydroxyl groups is 1. The zero-order chi connectivity index (χ0) is 15.8. The Kier molecular flexibility index (Phi) is 4.53. The van der Waals surface area contributed by atoms with Crippen LogP contribution in [0.15, 0.2) is 23.1 Å². The molecule has 0 radical (unpaired) electrons. The van der Waals surface area contributed by atoms with Crippen molar-refractivity contribution in [3.05, 3.63) is 28.8 Å². The molecule has 9 heteroatoms. The molecule has 0 bridgehead atoms. The molecule has 1 aromatic rings. The summed E-state index contributed by atoms with van der Waals surface area (Å²) in [6.45, 7) is -0.123. The Hall–Kier alpha value is -0.830. The van der Waals surface area contributed by atoms with Crippen LogP contribution in [0.2, 0.25) is 5.02 Å². The molecule has 1 N–H and O–H groups in total. The van der Waals surface area contributed by atoms with Crippen molar-refractivity contribution < 1.29 is 26.7 Å². The molecule has 0 spiro atoms. The van der Waals surface area contributed by atoms with Gasteiger partial charge in [-0.05, 0) is 31.0 Å². The number of piperidine rings is 1. The number of nitrogens with zero attached hydrogens (tertiary/aromatic N) is 1. The molecule has 1 heterocycles. The molecule has 0 saturated carbocycles. The Labute approximate surface area is 125 Å². The van der Waals surface area contributed by atoms with E-state index in [0.29, 0.717) is 18.9 Å². The molecule has 1 aromatic carbocycles. The first-order valence-electron chi connectivity index (χ1n) is 6.17. The van der Waals surface area contributed by atoms with Gasteiger partial charge in [0.2, 0.25) is 10.0 Å². The minimum atomic E-state index is -4.83. The number of aliphatic hydroxyl groups excluding tert-OH is 1. The van der Waals surface area contributed by atoms with Gasteiger partial charge < -0.3 is 5.11 Å². The molecule has 2 rings (SSSR count). The van der Waals surface area contributed by atoms with E-state index in [1.165, 1.54) is 0 Å². The molecular formula is C12H13ClF3NO3S. The maximum atomic E-state index is 13.0. The van der Waals surface area contributed by atoms with Crippen molar-refractivity contribution in [2.45, 2.75) is 30.0 Å². The average Bonchev–Trinajstić information content (AvgIpc) is 2.37. The number of β-amino-alcohol motifs (C(OH)–C–C–N with tert-alkyl or cyclic N) is 1. The monoisotopic (exact) mass is 343 g/mol. The van der Waals surface area contributed by atoms with Crippen LogP contribution >= 0.6 is 11.6 Å². The normalized spacial score (nSPS) is 21.5. The molecule has 21 heavy (non-hydrogen) atoms. The lowest BCUT2D eigenvalue weighted by atomic mass is 10.1. The van der Waals surface area contributed by atoms with E-state index < -0.39 is 32.8 Å². The van der Waals surface area contributed by atoms with Gasteiger partial charge in [-0.3, -0.25) is 0 Å². The molecule has 0 aliphatic carbocycles. The second kappa shape index (κ2) is 5.75. The Morgan fingerprint density at radius 2 is 2.00 bits per heavy atom. The quantitative estimate of drug-likeness (QED) is 0.897. The molecule has 118 valence electrons. The first kappa shape index (κ1) is 16.5. The van der Waals surface area contributed by atoms with Gasteiger partial charge in [0.05, 0.1) is 16.6 Å². The second-order valence-electron chi connectivity index (χ2n) is 4.80. The van der Waals surface area contributed by atoms with Gasteiger partial charge in [-0.1, -0.05) is 11.6 Å². The van der Waals surface area contributed by atoms with E-state index in [9.17, 15) is 26.7 Å². The standard InChI is InChI=1S/C12H13ClF3NO3S/c13-8-3-4-11(10(6-8)12(14,15)16)21(19,20)17-5-1-2-9(18)7-17/h3-4,6,9,18H,1-2,5,7H2/t9-/m0/s1. The van der Waals surface area contributed by atoms with Gasteiger partial charge in [-0.25, -0.2) is 8.42 Å². The topological polar surface area (TPSA) is 57.6 Å². The first-order valence-corrected chi connectivity index (χ1v) is 7.99. The maximum absolute atomic E-state index is 13.0. The fraction of sp³-hybridized carbons (Fsp3) is 0.500. The molecule has 4 nitrogen and oxygen atoms in total. The summed E-state index contributed by atoms with van der Waals surface area (Å²) in [4.78, 5) is -0.839. The summed E-state index contributed by atoms with van der Waals surface area (Å²) in [5.41, 5.74) is -1.30. The molecule has 0 unspecified atom stereocenters. The lowest BCUT2D eigenvalue weighted by Crippen LogP contribution is -2.42. The summed E-state index contributed by atoms with van der Waals surface area (Å²) in [7, 11) is -4.33. The summed E-state index contributed by atoms with van der Waals surface area (Å²) in [5.74, 6) is 0. The first-order chi connectivity index (χ1) is 9.62. The van der Waals surface area contributed by atoms with E-state index in [2.05, 4.69) is 0 Å². The highest BCUT2D eigenvalue weighted by molar-refractivity contribution is 7.89. The Morgan fingerprint density at radius 1 is 1.33 bits per heavy atom. The van der Waals surface area contributed by atoms with Gasteiger partial charge in [-0.15, -0.1) is 0 Å². The average molecular weight is 344 g/mol. The lowest BCUT2D eigenvalue weighted by molar-refractivity contribution is -0.139. The third-order valence-corrected chi connectivity index (χ3v) is 5.38. The number of benzene rings is 1. The van der Waals surface area contributed by atoms with Crippen molar-refractivity contribution in [1.29, 1.82) is 0 Å². The highest BCUT2D eigenvalue weighted by atomic mass is 35.5. The van der Waals surface area contributed by atoms with Crippen LogP contribution < -0.4 is 0 Å². The minimum absolute atomic E-state index is 0.0827. The van der Waals surface area contributed by atoms with Crippen LogP contribution in [0, 0.1) is 0 Å². The van der Waals surface area contributed by atoms with Crippen molar-refractivity contribution in [2.24, 2.45) is 0 Å². The third kappa shape index (κ3) is 3.50. The smallest absolute Gasteiger partial charge is 0.392 e. The van der Waals surface area contributed by atoms with E-state index >= 15 is 0 Å². The molecule has 0 amide bonds. The van der Waals surface area contributed by atoms with Gasteiger partial charge >= 0.3 is 6.18 Å². The maximum Gasteiger partial charge on any atom is 0.417 e. The summed E-state index contributed by atoms with van der Waals surface area (Å²) in [6.07, 6.45) is -4.87. The van der Waals surface area contributed by atoms with Gasteiger partial charge in [0.15, 0.2) is 0 Å². The van der Waals surface area contributed by atoms with Crippen LogP contribution in [0.1, 0.15) is 18.4 Å². The molecule has 1 atom stereocenters. The predicted octanol–water partition coefficient (Wildman–Crippen LogP) is 2.50. The highest BCUT2D eigenvalue weighted by Crippen LogP contribution is 2.37. The minimum Gasteiger partial charge on any atom is -0.392 e. The Morgan fingerprint density at radius 3 is 2.57 bits per heavy atom. The third-order valence-electron chi connectivity index (χ3n) is 3.22. The largest absolute Gasteiger partial charge is 0.417 e. The molecule has 1 saturated heterocycles. The van der Waals surface area contributed by atoms with Crippen molar-refractivity contribution in [3.8, 4) is 0 Å². The number of rotatable bonds is 2. The van der Waals surface area contributed by atoms with Crippen molar-refractivity contribution in [2.75, 3.05) is 13.1 Å². The fourth-order valence-electron chi connectivity index (χ4n) is 2.23. The zero-order valence-electron chi connectivity index (χ0n) is 10.8. The van der Waals surface area contributed by atoms with E-state index in [1.807, 2.05) is 0 Å². The number of halogens is 4.